The first-order valence-corrected chi connectivity index (χ1v) is 5.93. The summed E-state index contributed by atoms with van der Waals surface area (Å²) in [4.78, 5) is 9.94. The van der Waals surface area contributed by atoms with Gasteiger partial charge in [-0.2, -0.15) is 0 Å². The Morgan fingerprint density at radius 2 is 2.17 bits per heavy atom. The van der Waals surface area contributed by atoms with Crippen LogP contribution in [0, 0.1) is 17.0 Å². The molecule has 1 unspecified atom stereocenters. The number of rotatable bonds is 4. The van der Waals surface area contributed by atoms with Gasteiger partial charge in [-0.15, -0.1) is 11.6 Å². The summed E-state index contributed by atoms with van der Waals surface area (Å²) in [7, 11) is 0. The zero-order valence-corrected chi connectivity index (χ0v) is 10.6. The van der Waals surface area contributed by atoms with Crippen LogP contribution in [-0.4, -0.2) is 4.92 Å². The smallest absolute Gasteiger partial charge is 0.404 e. The van der Waals surface area contributed by atoms with Crippen molar-refractivity contribution in [1.29, 1.82) is 0 Å². The summed E-state index contributed by atoms with van der Waals surface area (Å²) < 4.78 is 5.08. The van der Waals surface area contributed by atoms with E-state index in [1.807, 2.05) is 31.2 Å². The largest absolute Gasteiger partial charge is 0.433 e. The molecule has 0 radical (unpaired) electrons. The predicted molar refractivity (Wildman–Crippen MR) is 68.8 cm³/mol. The molecule has 18 heavy (non-hydrogen) atoms. The molecule has 1 aromatic heterocycles. The Bertz CT molecular complexity index is 565. The van der Waals surface area contributed by atoms with Crippen LogP contribution in [0.5, 0.6) is 0 Å². The van der Waals surface area contributed by atoms with Gasteiger partial charge < -0.3 is 4.42 Å². The molecule has 0 saturated heterocycles. The summed E-state index contributed by atoms with van der Waals surface area (Å²) in [5.74, 6) is 0.143. The fraction of sp³-hybridized carbons (Fsp3) is 0.231. The van der Waals surface area contributed by atoms with E-state index in [0.29, 0.717) is 12.2 Å². The molecule has 0 fully saturated rings. The van der Waals surface area contributed by atoms with Crippen molar-refractivity contribution < 1.29 is 9.34 Å². The van der Waals surface area contributed by atoms with Gasteiger partial charge in [0.1, 0.15) is 10.7 Å². The number of hydrogen-bond donors (Lipinski definition) is 0. The summed E-state index contributed by atoms with van der Waals surface area (Å²) in [6.45, 7) is 2.00. The lowest BCUT2D eigenvalue weighted by Gasteiger charge is -2.06. The van der Waals surface area contributed by atoms with Crippen LogP contribution in [0.2, 0.25) is 0 Å². The molecule has 0 spiro atoms. The molecular formula is C13H12ClNO3. The van der Waals surface area contributed by atoms with Gasteiger partial charge in [0.05, 0.1) is 11.4 Å². The second-order valence-electron chi connectivity index (χ2n) is 4.09. The highest BCUT2D eigenvalue weighted by Crippen LogP contribution is 2.29. The third-order valence-electron chi connectivity index (χ3n) is 2.60. The molecule has 5 heteroatoms. The van der Waals surface area contributed by atoms with Gasteiger partial charge in [0.25, 0.3) is 0 Å². The van der Waals surface area contributed by atoms with Crippen LogP contribution in [0.25, 0.3) is 0 Å². The lowest BCUT2D eigenvalue weighted by molar-refractivity contribution is -0.402. The number of alkyl halides is 1. The van der Waals surface area contributed by atoms with E-state index in [4.69, 9.17) is 16.0 Å². The van der Waals surface area contributed by atoms with E-state index in [1.54, 1.807) is 6.07 Å². The molecule has 0 aliphatic carbocycles. The monoisotopic (exact) mass is 265 g/mol. The SMILES string of the molecule is Cc1cccc(CC(Cl)c2ccc([N+](=O)[O-])o2)c1. The summed E-state index contributed by atoms with van der Waals surface area (Å²) in [5, 5.41) is 10.1. The number of benzene rings is 1. The number of hydrogen-bond acceptors (Lipinski definition) is 3. The van der Waals surface area contributed by atoms with Crippen molar-refractivity contribution in [3.63, 3.8) is 0 Å². The topological polar surface area (TPSA) is 56.3 Å². The number of halogens is 1. The first kappa shape index (κ1) is 12.6. The summed E-state index contributed by atoms with van der Waals surface area (Å²) >= 11 is 6.19. The molecule has 0 N–H and O–H groups in total. The third-order valence-corrected chi connectivity index (χ3v) is 2.97. The second kappa shape index (κ2) is 5.23. The average molecular weight is 266 g/mol. The van der Waals surface area contributed by atoms with Gasteiger partial charge in [-0.3, -0.25) is 10.1 Å². The third kappa shape index (κ3) is 2.90. The van der Waals surface area contributed by atoms with Gasteiger partial charge >= 0.3 is 5.88 Å². The van der Waals surface area contributed by atoms with Gasteiger partial charge in [-0.05, 0) is 25.0 Å². The van der Waals surface area contributed by atoms with Crippen LogP contribution in [0.15, 0.2) is 40.8 Å². The molecule has 2 aromatic rings. The molecule has 1 aromatic carbocycles. The highest BCUT2D eigenvalue weighted by atomic mass is 35.5. The molecule has 0 aliphatic rings. The quantitative estimate of drug-likeness (QED) is 0.477. The second-order valence-corrected chi connectivity index (χ2v) is 4.62. The minimum atomic E-state index is -0.570. The first-order valence-electron chi connectivity index (χ1n) is 5.50. The van der Waals surface area contributed by atoms with E-state index in [9.17, 15) is 10.1 Å². The molecule has 1 atom stereocenters. The Morgan fingerprint density at radius 1 is 1.39 bits per heavy atom. The number of nitro groups is 1. The normalized spacial score (nSPS) is 12.3. The maximum Gasteiger partial charge on any atom is 0.433 e. The Labute approximate surface area is 109 Å². The Kier molecular flexibility index (Phi) is 3.67. The number of nitrogens with zero attached hydrogens (tertiary/aromatic N) is 1. The zero-order chi connectivity index (χ0) is 13.1. The Balaban J connectivity index is 2.11. The van der Waals surface area contributed by atoms with E-state index >= 15 is 0 Å². The summed E-state index contributed by atoms with van der Waals surface area (Å²) in [5.41, 5.74) is 2.23. The predicted octanol–water partition coefficient (Wildman–Crippen LogP) is 4.02. The van der Waals surface area contributed by atoms with Crippen LogP contribution in [0.4, 0.5) is 5.88 Å². The first-order chi connectivity index (χ1) is 8.56. The minimum Gasteiger partial charge on any atom is -0.404 e. The van der Waals surface area contributed by atoms with Crippen LogP contribution < -0.4 is 0 Å². The highest BCUT2D eigenvalue weighted by molar-refractivity contribution is 6.20. The molecule has 0 bridgehead atoms. The van der Waals surface area contributed by atoms with E-state index in [1.165, 1.54) is 6.07 Å². The maximum absolute atomic E-state index is 10.5. The zero-order valence-electron chi connectivity index (χ0n) is 9.80. The molecule has 94 valence electrons. The highest BCUT2D eigenvalue weighted by Gasteiger charge is 2.18. The van der Waals surface area contributed by atoms with Crippen molar-refractivity contribution in [2.24, 2.45) is 0 Å². The molecule has 2 rings (SSSR count). The summed E-state index contributed by atoms with van der Waals surface area (Å²) in [6.07, 6.45) is 0.577. The van der Waals surface area contributed by atoms with Crippen molar-refractivity contribution in [2.45, 2.75) is 18.7 Å². The summed E-state index contributed by atoms with van der Waals surface area (Å²) in [6, 6.07) is 10.8. The van der Waals surface area contributed by atoms with Gasteiger partial charge in [-0.1, -0.05) is 29.8 Å². The van der Waals surface area contributed by atoms with E-state index in [0.717, 1.165) is 11.1 Å². The fourth-order valence-electron chi connectivity index (χ4n) is 1.76. The van der Waals surface area contributed by atoms with Gasteiger partial charge in [0, 0.05) is 0 Å². The van der Waals surface area contributed by atoms with Crippen molar-refractivity contribution in [2.75, 3.05) is 0 Å². The van der Waals surface area contributed by atoms with Crippen molar-refractivity contribution in [3.8, 4) is 0 Å². The van der Waals surface area contributed by atoms with E-state index in [2.05, 4.69) is 0 Å². The van der Waals surface area contributed by atoms with Crippen LogP contribution >= 0.6 is 11.6 Å². The average Bonchev–Trinajstić information content (AvgIpc) is 2.78. The van der Waals surface area contributed by atoms with Crippen LogP contribution in [0.3, 0.4) is 0 Å². The molecule has 0 aliphatic heterocycles. The van der Waals surface area contributed by atoms with Crippen LogP contribution in [0.1, 0.15) is 22.3 Å². The van der Waals surface area contributed by atoms with Gasteiger partial charge in [0.2, 0.25) is 0 Å². The van der Waals surface area contributed by atoms with Crippen molar-refractivity contribution in [3.05, 3.63) is 63.4 Å². The Morgan fingerprint density at radius 3 is 2.78 bits per heavy atom. The lowest BCUT2D eigenvalue weighted by atomic mass is 10.1. The van der Waals surface area contributed by atoms with Crippen molar-refractivity contribution in [1.82, 2.24) is 0 Å². The molecule has 1 heterocycles. The Hall–Kier alpha value is -1.81. The maximum atomic E-state index is 10.5. The van der Waals surface area contributed by atoms with Crippen molar-refractivity contribution >= 4 is 17.5 Å². The number of aryl methyl sites for hydroxylation is 1. The van der Waals surface area contributed by atoms with Gasteiger partial charge in [0.15, 0.2) is 0 Å². The molecule has 4 nitrogen and oxygen atoms in total. The fourth-order valence-corrected chi connectivity index (χ4v) is 2.05. The lowest BCUT2D eigenvalue weighted by Crippen LogP contribution is -1.94. The number of furan rings is 1. The van der Waals surface area contributed by atoms with E-state index < -0.39 is 10.3 Å². The molecule has 0 amide bonds. The standard InChI is InChI=1S/C13H12ClNO3/c1-9-3-2-4-10(7-9)8-11(14)12-5-6-13(18-12)15(16)17/h2-7,11H,8H2,1H3. The van der Waals surface area contributed by atoms with Crippen LogP contribution in [-0.2, 0) is 6.42 Å². The molecular weight excluding hydrogens is 254 g/mol. The minimum absolute atomic E-state index is 0.278. The van der Waals surface area contributed by atoms with Gasteiger partial charge in [-0.25, -0.2) is 0 Å². The molecule has 0 saturated carbocycles. The van der Waals surface area contributed by atoms with E-state index in [-0.39, 0.29) is 5.88 Å².